The second kappa shape index (κ2) is 4.39. The maximum atomic E-state index is 12.7. The summed E-state index contributed by atoms with van der Waals surface area (Å²) in [4.78, 5) is 9.88. The smallest absolute Gasteiger partial charge is 0.273 e. The second-order valence-electron chi connectivity index (χ2n) is 2.56. The first-order chi connectivity index (χ1) is 7.26. The molecule has 0 radical (unpaired) electrons. The Kier molecular flexibility index (Phi) is 4.15. The van der Waals surface area contributed by atoms with Gasteiger partial charge in [0.1, 0.15) is 0 Å². The van der Waals surface area contributed by atoms with Crippen LogP contribution < -0.4 is 0 Å². The van der Waals surface area contributed by atoms with E-state index in [-0.39, 0.29) is 0 Å². The Bertz CT molecular complexity index is 337. The van der Waals surface area contributed by atoms with Gasteiger partial charge in [0.05, 0.1) is 0 Å². The Morgan fingerprint density at radius 3 is 1.29 bits per heavy atom. The molecule has 0 heterocycles. The van der Waals surface area contributed by atoms with E-state index in [2.05, 4.69) is 11.6 Å². The molecule has 0 saturated carbocycles. The van der Waals surface area contributed by atoms with Gasteiger partial charge in [0.15, 0.2) is 5.83 Å². The molecule has 0 aliphatic rings. The lowest BCUT2D eigenvalue weighted by atomic mass is 10.0. The first-order valence-electron chi connectivity index (χ1n) is 3.34. The highest BCUT2D eigenvalue weighted by atomic mass is 35.5. The maximum absolute atomic E-state index is 12.7. The van der Waals surface area contributed by atoms with E-state index in [1.54, 1.807) is 0 Å². The van der Waals surface area contributed by atoms with E-state index in [0.29, 0.717) is 0 Å². The summed E-state index contributed by atoms with van der Waals surface area (Å²) in [5.41, 5.74) is -6.63. The normalized spacial score (nSPS) is 15.6. The van der Waals surface area contributed by atoms with Gasteiger partial charge in [0, 0.05) is 0 Å². The van der Waals surface area contributed by atoms with Gasteiger partial charge in [-0.15, -0.1) is 0 Å². The summed E-state index contributed by atoms with van der Waals surface area (Å²) in [5.74, 6) is -7.29. The highest BCUT2D eigenvalue weighted by molar-refractivity contribution is 6.67. The lowest BCUT2D eigenvalue weighted by molar-refractivity contribution is -0.331. The van der Waals surface area contributed by atoms with Crippen LogP contribution in [0, 0.1) is 0 Å². The highest BCUT2D eigenvalue weighted by Crippen LogP contribution is 2.52. The van der Waals surface area contributed by atoms with E-state index in [4.69, 9.17) is 0 Å². The quantitative estimate of drug-likeness (QED) is 0.431. The summed E-state index contributed by atoms with van der Waals surface area (Å²) in [6.45, 7) is 0. The molecular formula is C6ClF9O. The predicted octanol–water partition coefficient (Wildman–Crippen LogP) is 3.74. The zero-order chi connectivity index (χ0) is 14.2. The topological polar surface area (TPSA) is 17.1 Å². The summed E-state index contributed by atoms with van der Waals surface area (Å²) in [5, 5.41) is -2.63. The minimum atomic E-state index is -6.85. The van der Waals surface area contributed by atoms with Crippen molar-refractivity contribution in [3.8, 4) is 0 Å². The molecule has 0 unspecified atom stereocenters. The Labute approximate surface area is 91.8 Å². The molecule has 0 N–H and O–H groups in total. The van der Waals surface area contributed by atoms with Crippen LogP contribution in [0.15, 0.2) is 11.7 Å². The van der Waals surface area contributed by atoms with Gasteiger partial charge in [0.25, 0.3) is 5.24 Å². The minimum absolute atomic E-state index is 2.63. The Morgan fingerprint density at radius 2 is 1.12 bits per heavy atom. The van der Waals surface area contributed by atoms with Crippen molar-refractivity contribution >= 4 is 16.8 Å². The maximum Gasteiger partial charge on any atom is 0.438 e. The molecule has 0 aromatic carbocycles. The van der Waals surface area contributed by atoms with Gasteiger partial charge in [-0.05, 0) is 11.6 Å². The number of carbonyl (C=O) groups excluding carboxylic acids is 1. The Hall–Kier alpha value is -0.930. The fourth-order valence-corrected chi connectivity index (χ4v) is 0.730. The standard InChI is InChI=1S/C6ClF9O/c7-3(17)1(8)2(9)4(10,5(11,12)13)6(14,15)16. The van der Waals surface area contributed by atoms with Gasteiger partial charge in [-0.3, -0.25) is 4.79 Å². The molecular weight excluding hydrogens is 294 g/mol. The third-order valence-electron chi connectivity index (χ3n) is 1.45. The molecule has 0 spiro atoms. The molecule has 0 aliphatic carbocycles. The highest BCUT2D eigenvalue weighted by Gasteiger charge is 2.76. The molecule has 11 heteroatoms. The van der Waals surface area contributed by atoms with Crippen molar-refractivity contribution < 1.29 is 44.3 Å². The van der Waals surface area contributed by atoms with E-state index in [9.17, 15) is 44.3 Å². The molecule has 100 valence electrons. The average Bonchev–Trinajstić information content (AvgIpc) is 2.10. The van der Waals surface area contributed by atoms with E-state index in [1.807, 2.05) is 0 Å². The first kappa shape index (κ1) is 16.1. The fourth-order valence-electron chi connectivity index (χ4n) is 0.647. The summed E-state index contributed by atoms with van der Waals surface area (Å²) in [7, 11) is 0. The monoisotopic (exact) mass is 294 g/mol. The predicted molar refractivity (Wildman–Crippen MR) is 36.1 cm³/mol. The van der Waals surface area contributed by atoms with E-state index in [1.165, 1.54) is 0 Å². The van der Waals surface area contributed by atoms with Crippen LogP contribution in [0.4, 0.5) is 39.5 Å². The van der Waals surface area contributed by atoms with Crippen LogP contribution in [0.3, 0.4) is 0 Å². The van der Waals surface area contributed by atoms with Crippen molar-refractivity contribution in [1.82, 2.24) is 0 Å². The van der Waals surface area contributed by atoms with Crippen LogP contribution in [0.2, 0.25) is 0 Å². The van der Waals surface area contributed by atoms with Crippen molar-refractivity contribution in [2.75, 3.05) is 0 Å². The van der Waals surface area contributed by atoms with Gasteiger partial charge in [0.2, 0.25) is 5.83 Å². The van der Waals surface area contributed by atoms with E-state index in [0.717, 1.165) is 0 Å². The number of carbonyl (C=O) groups is 1. The fraction of sp³-hybridized carbons (Fsp3) is 0.500. The number of hydrogen-bond donors (Lipinski definition) is 0. The molecule has 0 aliphatic heterocycles. The number of halogens is 10. The SMILES string of the molecule is O=C(Cl)C(F)=C(F)C(F)(C(F)(F)F)C(F)(F)F. The van der Waals surface area contributed by atoms with E-state index < -0.39 is 34.9 Å². The number of hydrogen-bond acceptors (Lipinski definition) is 1. The molecule has 0 fully saturated rings. The molecule has 0 amide bonds. The number of allylic oxidation sites excluding steroid dienone is 2. The third kappa shape index (κ3) is 2.67. The number of alkyl halides is 7. The van der Waals surface area contributed by atoms with Gasteiger partial charge in [-0.25, -0.2) is 8.78 Å². The van der Waals surface area contributed by atoms with Gasteiger partial charge >= 0.3 is 18.0 Å². The molecule has 0 bridgehead atoms. The van der Waals surface area contributed by atoms with Crippen molar-refractivity contribution in [1.29, 1.82) is 0 Å². The molecule has 17 heavy (non-hydrogen) atoms. The van der Waals surface area contributed by atoms with Crippen LogP contribution in [-0.4, -0.2) is 23.3 Å². The lowest BCUT2D eigenvalue weighted by Gasteiger charge is -2.28. The summed E-state index contributed by atoms with van der Waals surface area (Å²) in [6, 6.07) is 0. The van der Waals surface area contributed by atoms with E-state index >= 15 is 0 Å². The molecule has 0 aromatic rings. The van der Waals surface area contributed by atoms with Crippen molar-refractivity contribution in [3.63, 3.8) is 0 Å². The average molecular weight is 294 g/mol. The molecule has 1 nitrogen and oxygen atoms in total. The van der Waals surface area contributed by atoms with Crippen molar-refractivity contribution in [2.45, 2.75) is 18.0 Å². The van der Waals surface area contributed by atoms with Gasteiger partial charge in [-0.1, -0.05) is 0 Å². The van der Waals surface area contributed by atoms with Crippen LogP contribution in [0.1, 0.15) is 0 Å². The summed E-state index contributed by atoms with van der Waals surface area (Å²) >= 11 is 4.12. The Balaban J connectivity index is 6.04. The third-order valence-corrected chi connectivity index (χ3v) is 1.61. The molecule has 0 atom stereocenters. The molecule has 0 aromatic heterocycles. The zero-order valence-corrected chi connectivity index (χ0v) is 7.94. The first-order valence-corrected chi connectivity index (χ1v) is 3.72. The zero-order valence-electron chi connectivity index (χ0n) is 7.19. The van der Waals surface area contributed by atoms with Gasteiger partial charge < -0.3 is 0 Å². The molecule has 0 rings (SSSR count). The summed E-state index contributed by atoms with van der Waals surface area (Å²) < 4.78 is 108. The van der Waals surface area contributed by atoms with Crippen molar-refractivity contribution in [3.05, 3.63) is 11.7 Å². The van der Waals surface area contributed by atoms with Crippen LogP contribution in [0.5, 0.6) is 0 Å². The molecule has 0 saturated heterocycles. The van der Waals surface area contributed by atoms with Gasteiger partial charge in [-0.2, -0.15) is 30.7 Å². The number of rotatable bonds is 2. The minimum Gasteiger partial charge on any atom is -0.273 e. The van der Waals surface area contributed by atoms with Crippen LogP contribution in [0.25, 0.3) is 0 Å². The van der Waals surface area contributed by atoms with Crippen LogP contribution >= 0.6 is 11.6 Å². The second-order valence-corrected chi connectivity index (χ2v) is 2.90. The summed E-state index contributed by atoms with van der Waals surface area (Å²) in [6.07, 6.45) is -13.7. The largest absolute Gasteiger partial charge is 0.438 e. The van der Waals surface area contributed by atoms with Crippen LogP contribution in [-0.2, 0) is 4.79 Å². The lowest BCUT2D eigenvalue weighted by Crippen LogP contribution is -2.54. The van der Waals surface area contributed by atoms with Crippen molar-refractivity contribution in [2.24, 2.45) is 0 Å². The Morgan fingerprint density at radius 1 is 0.824 bits per heavy atom.